The van der Waals surface area contributed by atoms with Crippen molar-refractivity contribution < 1.29 is 49.4 Å². The zero-order chi connectivity index (χ0) is 32.0. The molecule has 44 heavy (non-hydrogen) atoms. The summed E-state index contributed by atoms with van der Waals surface area (Å²) < 4.78 is 117. The molecular formula is C28H20ClF6N3O5S. The number of aliphatic carboxylic acids is 1. The van der Waals surface area contributed by atoms with Crippen LogP contribution in [0.2, 0.25) is 5.02 Å². The first-order valence-corrected chi connectivity index (χ1v) is 14.5. The Labute approximate surface area is 251 Å². The highest BCUT2D eigenvalue weighted by molar-refractivity contribution is 7.92. The second-order valence-electron chi connectivity index (χ2n) is 9.72. The van der Waals surface area contributed by atoms with Crippen LogP contribution in [0, 0.1) is 0 Å². The highest BCUT2D eigenvalue weighted by Gasteiger charge is 2.38. The van der Waals surface area contributed by atoms with Crippen LogP contribution in [-0.4, -0.2) is 41.9 Å². The maximum absolute atomic E-state index is 13.8. The lowest BCUT2D eigenvalue weighted by Gasteiger charge is -2.35. The van der Waals surface area contributed by atoms with Crippen LogP contribution in [-0.2, 0) is 27.2 Å². The molecule has 16 heteroatoms. The van der Waals surface area contributed by atoms with Gasteiger partial charge in [0.25, 0.3) is 10.0 Å². The van der Waals surface area contributed by atoms with E-state index in [1.807, 2.05) is 0 Å². The molecule has 1 aliphatic rings. The van der Waals surface area contributed by atoms with Gasteiger partial charge in [0.1, 0.15) is 11.9 Å². The largest absolute Gasteiger partial charge is 0.486 e. The van der Waals surface area contributed by atoms with Crippen molar-refractivity contribution in [2.75, 3.05) is 10.8 Å². The number of hydrogen-bond acceptors (Lipinski definition) is 5. The number of anilines is 1. The Balaban J connectivity index is 1.58. The van der Waals surface area contributed by atoms with Crippen molar-refractivity contribution in [3.05, 3.63) is 89.2 Å². The molecule has 1 aliphatic heterocycles. The first-order chi connectivity index (χ1) is 20.6. The number of carbonyl (C=O) groups is 1. The van der Waals surface area contributed by atoms with Gasteiger partial charge in [0.15, 0.2) is 0 Å². The Morgan fingerprint density at radius 2 is 1.75 bits per heavy atom. The number of carboxylic acids is 1. The van der Waals surface area contributed by atoms with Crippen LogP contribution in [0.1, 0.15) is 24.0 Å². The van der Waals surface area contributed by atoms with Gasteiger partial charge < -0.3 is 9.84 Å². The molecule has 0 saturated heterocycles. The third kappa shape index (κ3) is 6.19. The SMILES string of the molecule is O=C(O)CC[C@@H]1CN(S(=O)(=O)c2cccc(C(F)(F)F)c2)c2cc(-n3cc(-c4c(Cl)cccc4C(F)(F)F)cn3)ccc2O1. The van der Waals surface area contributed by atoms with Gasteiger partial charge in [-0.25, -0.2) is 13.1 Å². The Morgan fingerprint density at radius 3 is 2.43 bits per heavy atom. The van der Waals surface area contributed by atoms with Gasteiger partial charge >= 0.3 is 18.3 Å². The molecule has 0 radical (unpaired) electrons. The molecule has 0 amide bonds. The molecule has 4 aromatic rings. The molecule has 0 unspecified atom stereocenters. The fourth-order valence-electron chi connectivity index (χ4n) is 4.71. The summed E-state index contributed by atoms with van der Waals surface area (Å²) in [7, 11) is -4.66. The lowest BCUT2D eigenvalue weighted by molar-refractivity contribution is -0.138. The van der Waals surface area contributed by atoms with Crippen LogP contribution in [0.5, 0.6) is 5.75 Å². The van der Waals surface area contributed by atoms with Gasteiger partial charge in [0.05, 0.1) is 40.1 Å². The Bertz CT molecular complexity index is 1840. The minimum absolute atomic E-state index is 0.0104. The third-order valence-electron chi connectivity index (χ3n) is 6.76. The van der Waals surface area contributed by atoms with Gasteiger partial charge in [-0.15, -0.1) is 0 Å². The normalized spacial score (nSPS) is 15.5. The van der Waals surface area contributed by atoms with E-state index in [4.69, 9.17) is 21.4 Å². The van der Waals surface area contributed by atoms with Crippen molar-refractivity contribution in [1.82, 2.24) is 9.78 Å². The van der Waals surface area contributed by atoms with Crippen LogP contribution in [0.25, 0.3) is 16.8 Å². The molecule has 5 rings (SSSR count). The van der Waals surface area contributed by atoms with Crippen molar-refractivity contribution in [3.8, 4) is 22.6 Å². The summed E-state index contributed by atoms with van der Waals surface area (Å²) in [5, 5.41) is 13.0. The predicted molar refractivity (Wildman–Crippen MR) is 146 cm³/mol. The first-order valence-electron chi connectivity index (χ1n) is 12.7. The zero-order valence-corrected chi connectivity index (χ0v) is 23.7. The van der Waals surface area contributed by atoms with Crippen LogP contribution in [0.3, 0.4) is 0 Å². The van der Waals surface area contributed by atoms with Crippen molar-refractivity contribution in [2.45, 2.75) is 36.2 Å². The number of rotatable bonds is 7. The smallest absolute Gasteiger partial charge is 0.417 e. The maximum atomic E-state index is 13.8. The Morgan fingerprint density at radius 1 is 1.02 bits per heavy atom. The van der Waals surface area contributed by atoms with E-state index in [1.54, 1.807) is 0 Å². The highest BCUT2D eigenvalue weighted by atomic mass is 35.5. The third-order valence-corrected chi connectivity index (χ3v) is 8.85. The fourth-order valence-corrected chi connectivity index (χ4v) is 6.54. The monoisotopic (exact) mass is 659 g/mol. The number of halogens is 7. The number of hydrogen-bond donors (Lipinski definition) is 1. The molecule has 1 aromatic heterocycles. The average Bonchev–Trinajstić information content (AvgIpc) is 3.44. The van der Waals surface area contributed by atoms with Gasteiger partial charge in [0.2, 0.25) is 0 Å². The summed E-state index contributed by atoms with van der Waals surface area (Å²) in [4.78, 5) is 10.5. The fraction of sp³-hybridized carbons (Fsp3) is 0.214. The first kappa shape index (κ1) is 31.2. The summed E-state index contributed by atoms with van der Waals surface area (Å²) in [5.74, 6) is -1.17. The van der Waals surface area contributed by atoms with E-state index in [-0.39, 0.29) is 46.1 Å². The topological polar surface area (TPSA) is 102 Å². The minimum Gasteiger partial charge on any atom is -0.486 e. The lowest BCUT2D eigenvalue weighted by Crippen LogP contribution is -2.43. The molecule has 3 aromatic carbocycles. The molecule has 1 atom stereocenters. The number of sulfonamides is 1. The number of aromatic nitrogens is 2. The highest BCUT2D eigenvalue weighted by Crippen LogP contribution is 2.42. The average molecular weight is 660 g/mol. The standard InChI is InChI=1S/C28H20ClF6N3O5S/c29-22-6-2-5-21(28(33,34)35)26(22)16-13-36-37(14-16)18-7-9-24-23(12-18)38(15-19(43-24)8-10-25(39)40)44(41,42)20-4-1-3-17(11-20)27(30,31)32/h1-7,9,11-14,19H,8,10,15H2,(H,39,40)/t19-/m1/s1. The summed E-state index contributed by atoms with van der Waals surface area (Å²) in [6.07, 6.45) is -8.57. The zero-order valence-electron chi connectivity index (χ0n) is 22.1. The van der Waals surface area contributed by atoms with Gasteiger partial charge in [-0.05, 0) is 55.0 Å². The van der Waals surface area contributed by atoms with Crippen LogP contribution in [0.15, 0.2) is 78.0 Å². The van der Waals surface area contributed by atoms with Crippen LogP contribution in [0.4, 0.5) is 32.0 Å². The number of benzene rings is 3. The van der Waals surface area contributed by atoms with Crippen molar-refractivity contribution >= 4 is 33.3 Å². The van der Waals surface area contributed by atoms with E-state index in [2.05, 4.69) is 5.10 Å². The maximum Gasteiger partial charge on any atom is 0.417 e. The lowest BCUT2D eigenvalue weighted by atomic mass is 10.0. The van der Waals surface area contributed by atoms with Gasteiger partial charge in [-0.1, -0.05) is 23.7 Å². The molecule has 0 bridgehead atoms. The summed E-state index contributed by atoms with van der Waals surface area (Å²) in [5.41, 5.74) is -2.41. The molecule has 0 spiro atoms. The summed E-state index contributed by atoms with van der Waals surface area (Å²) in [6, 6.07) is 10.5. The quantitative estimate of drug-likeness (QED) is 0.213. The van der Waals surface area contributed by atoms with Crippen molar-refractivity contribution in [1.29, 1.82) is 0 Å². The molecule has 1 N–H and O–H groups in total. The molecule has 0 aliphatic carbocycles. The number of carboxylic acid groups (broad SMARTS) is 1. The van der Waals surface area contributed by atoms with E-state index >= 15 is 0 Å². The number of fused-ring (bicyclic) bond motifs is 1. The van der Waals surface area contributed by atoms with E-state index < -0.39 is 57.0 Å². The van der Waals surface area contributed by atoms with E-state index in [9.17, 15) is 39.6 Å². The van der Waals surface area contributed by atoms with E-state index in [0.29, 0.717) is 6.07 Å². The van der Waals surface area contributed by atoms with Gasteiger partial charge in [0, 0.05) is 28.8 Å². The van der Waals surface area contributed by atoms with Crippen LogP contribution < -0.4 is 9.04 Å². The van der Waals surface area contributed by atoms with E-state index in [1.165, 1.54) is 35.1 Å². The molecule has 0 fully saturated rings. The second-order valence-corrected chi connectivity index (χ2v) is 12.0. The number of alkyl halides is 6. The number of nitrogens with zero attached hydrogens (tertiary/aromatic N) is 3. The molecule has 0 saturated carbocycles. The molecule has 232 valence electrons. The summed E-state index contributed by atoms with van der Waals surface area (Å²) >= 11 is 6.11. The molecular weight excluding hydrogens is 640 g/mol. The second kappa shape index (κ2) is 11.4. The van der Waals surface area contributed by atoms with Crippen molar-refractivity contribution in [2.24, 2.45) is 0 Å². The minimum atomic E-state index is -4.82. The summed E-state index contributed by atoms with van der Waals surface area (Å²) in [6.45, 7) is -0.429. The predicted octanol–water partition coefficient (Wildman–Crippen LogP) is 7.05. The van der Waals surface area contributed by atoms with E-state index in [0.717, 1.165) is 40.8 Å². The molecule has 2 heterocycles. The van der Waals surface area contributed by atoms with Gasteiger partial charge in [-0.3, -0.25) is 9.10 Å². The van der Waals surface area contributed by atoms with Gasteiger partial charge in [-0.2, -0.15) is 31.4 Å². The molecule has 8 nitrogen and oxygen atoms in total. The van der Waals surface area contributed by atoms with Crippen LogP contribution >= 0.6 is 11.6 Å². The Kier molecular flexibility index (Phi) is 8.05. The Hall–Kier alpha value is -4.24. The van der Waals surface area contributed by atoms with Crippen molar-refractivity contribution in [3.63, 3.8) is 0 Å². The number of ether oxygens (including phenoxy) is 1.